The zero-order chi connectivity index (χ0) is 17.6. The number of carbonyl (C=O) groups excluding carboxylic acids is 2. The number of ether oxygens (including phenoxy) is 1. The lowest BCUT2D eigenvalue weighted by molar-refractivity contribution is -0.119. The van der Waals surface area contributed by atoms with Crippen LogP contribution < -0.4 is 10.1 Å². The molecule has 0 saturated carbocycles. The molecule has 1 fully saturated rings. The highest BCUT2D eigenvalue weighted by Crippen LogP contribution is 2.43. The molecule has 2 aromatic carbocycles. The lowest BCUT2D eigenvalue weighted by Crippen LogP contribution is -2.27. The third-order valence-electron chi connectivity index (χ3n) is 4.44. The number of fused-ring (bicyclic) bond motifs is 1. The second-order valence-electron chi connectivity index (χ2n) is 6.00. The summed E-state index contributed by atoms with van der Waals surface area (Å²) in [7, 11) is 0. The van der Waals surface area contributed by atoms with Gasteiger partial charge >= 0.3 is 0 Å². The fourth-order valence-electron chi connectivity index (χ4n) is 3.32. The van der Waals surface area contributed by atoms with Crippen LogP contribution >= 0.6 is 35.0 Å². The molecule has 4 rings (SSSR count). The lowest BCUT2D eigenvalue weighted by atomic mass is 9.97. The van der Waals surface area contributed by atoms with Crippen molar-refractivity contribution in [3.8, 4) is 11.5 Å². The van der Waals surface area contributed by atoms with Crippen LogP contribution in [0.2, 0.25) is 10.0 Å². The van der Waals surface area contributed by atoms with Gasteiger partial charge < -0.3 is 4.74 Å². The maximum Gasteiger partial charge on any atom is 0.286 e. The lowest BCUT2D eigenvalue weighted by Gasteiger charge is -2.16. The number of hydrogen-bond acceptors (Lipinski definition) is 4. The molecule has 1 heterocycles. The summed E-state index contributed by atoms with van der Waals surface area (Å²) in [5, 5.41) is 2.76. The van der Waals surface area contributed by atoms with Gasteiger partial charge in [0.15, 0.2) is 0 Å². The first-order valence-corrected chi connectivity index (χ1v) is 9.42. The molecule has 1 unspecified atom stereocenters. The van der Waals surface area contributed by atoms with Crippen molar-refractivity contribution in [2.75, 3.05) is 0 Å². The SMILES string of the molecule is O=C1NC(=O)C([C@@H]2CCc3cc(Oc4ccc(Cl)cc4Cl)ccc32)S1. The molecule has 1 aliphatic carbocycles. The Bertz CT molecular complexity index is 887. The molecule has 4 nitrogen and oxygen atoms in total. The molecule has 1 N–H and O–H groups in total. The molecular formula is C18H13Cl2NO3S. The first-order chi connectivity index (χ1) is 12.0. The number of carbonyl (C=O) groups is 2. The van der Waals surface area contributed by atoms with Crippen LogP contribution in [0.3, 0.4) is 0 Å². The Hall–Kier alpha value is -1.69. The van der Waals surface area contributed by atoms with Crippen LogP contribution in [0.25, 0.3) is 0 Å². The molecule has 0 aromatic heterocycles. The number of aryl methyl sites for hydroxylation is 1. The Morgan fingerprint density at radius 3 is 2.68 bits per heavy atom. The minimum absolute atomic E-state index is 0.0552. The molecule has 0 bridgehead atoms. The maximum atomic E-state index is 12.0. The zero-order valence-electron chi connectivity index (χ0n) is 12.9. The number of thioether (sulfide) groups is 1. The van der Waals surface area contributed by atoms with Gasteiger partial charge in [0.2, 0.25) is 5.91 Å². The highest BCUT2D eigenvalue weighted by Gasteiger charge is 2.41. The largest absolute Gasteiger partial charge is 0.456 e. The summed E-state index contributed by atoms with van der Waals surface area (Å²) in [6.45, 7) is 0. The molecule has 1 saturated heterocycles. The van der Waals surface area contributed by atoms with Crippen LogP contribution in [0.1, 0.15) is 23.5 Å². The van der Waals surface area contributed by atoms with Gasteiger partial charge in [-0.25, -0.2) is 0 Å². The minimum Gasteiger partial charge on any atom is -0.456 e. The van der Waals surface area contributed by atoms with Gasteiger partial charge in [-0.15, -0.1) is 0 Å². The number of hydrogen-bond donors (Lipinski definition) is 1. The van der Waals surface area contributed by atoms with Gasteiger partial charge in [-0.3, -0.25) is 14.9 Å². The third kappa shape index (κ3) is 3.24. The number of rotatable bonds is 3. The summed E-state index contributed by atoms with van der Waals surface area (Å²) in [5.41, 5.74) is 2.25. The van der Waals surface area contributed by atoms with Gasteiger partial charge in [0.05, 0.1) is 5.02 Å². The van der Waals surface area contributed by atoms with Crippen molar-refractivity contribution in [1.29, 1.82) is 0 Å². The first-order valence-electron chi connectivity index (χ1n) is 7.78. The molecule has 128 valence electrons. The summed E-state index contributed by atoms with van der Waals surface area (Å²) in [6.07, 6.45) is 1.70. The molecule has 2 amide bonds. The van der Waals surface area contributed by atoms with Crippen LogP contribution in [0.5, 0.6) is 11.5 Å². The summed E-state index contributed by atoms with van der Waals surface area (Å²) < 4.78 is 5.86. The van der Waals surface area contributed by atoms with Crippen LogP contribution in [0, 0.1) is 0 Å². The van der Waals surface area contributed by atoms with E-state index in [2.05, 4.69) is 5.32 Å². The smallest absolute Gasteiger partial charge is 0.286 e. The van der Waals surface area contributed by atoms with Gasteiger partial charge in [0.1, 0.15) is 16.7 Å². The summed E-state index contributed by atoms with van der Waals surface area (Å²) in [4.78, 5) is 23.4. The second kappa shape index (κ2) is 6.56. The van der Waals surface area contributed by atoms with E-state index in [0.29, 0.717) is 21.5 Å². The first kappa shape index (κ1) is 16.8. The van der Waals surface area contributed by atoms with Crippen molar-refractivity contribution in [2.45, 2.75) is 24.0 Å². The fourth-order valence-corrected chi connectivity index (χ4v) is 4.77. The average molecular weight is 394 g/mol. The van der Waals surface area contributed by atoms with Crippen molar-refractivity contribution in [2.24, 2.45) is 0 Å². The Morgan fingerprint density at radius 2 is 1.96 bits per heavy atom. The molecule has 7 heteroatoms. The molecule has 2 atom stereocenters. The normalized spacial score (nSPS) is 22.0. The third-order valence-corrected chi connectivity index (χ3v) is 6.09. The Kier molecular flexibility index (Phi) is 4.40. The standard InChI is InChI=1S/C18H13Cl2NO3S/c19-10-2-6-15(14(20)8-10)24-11-3-5-12-9(7-11)1-4-13(12)16-17(22)21-18(23)25-16/h2-3,5-8,13,16H,1,4H2,(H,21,22,23)/t13-,16?/m1/s1. The molecule has 25 heavy (non-hydrogen) atoms. The van der Waals surface area contributed by atoms with Gasteiger partial charge in [0, 0.05) is 10.9 Å². The molecule has 0 spiro atoms. The van der Waals surface area contributed by atoms with Crippen molar-refractivity contribution in [3.63, 3.8) is 0 Å². The summed E-state index contributed by atoms with van der Waals surface area (Å²) >= 11 is 13.1. The van der Waals surface area contributed by atoms with Gasteiger partial charge in [0.25, 0.3) is 5.24 Å². The van der Waals surface area contributed by atoms with E-state index in [1.165, 1.54) is 0 Å². The summed E-state index contributed by atoms with van der Waals surface area (Å²) in [6, 6.07) is 10.9. The second-order valence-corrected chi connectivity index (χ2v) is 7.96. The Balaban J connectivity index is 1.57. The van der Waals surface area contributed by atoms with Crippen LogP contribution in [-0.4, -0.2) is 16.4 Å². The predicted octanol–water partition coefficient (Wildman–Crippen LogP) is 5.17. The zero-order valence-corrected chi connectivity index (χ0v) is 15.3. The monoisotopic (exact) mass is 393 g/mol. The number of halogens is 2. The Morgan fingerprint density at radius 1 is 1.12 bits per heavy atom. The fraction of sp³-hybridized carbons (Fsp3) is 0.222. The number of benzene rings is 2. The van der Waals surface area contributed by atoms with Crippen LogP contribution in [0.15, 0.2) is 36.4 Å². The van der Waals surface area contributed by atoms with E-state index in [4.69, 9.17) is 27.9 Å². The number of amides is 2. The highest BCUT2D eigenvalue weighted by molar-refractivity contribution is 8.15. The van der Waals surface area contributed by atoms with Gasteiger partial charge in [-0.05, 0) is 54.3 Å². The highest BCUT2D eigenvalue weighted by atomic mass is 35.5. The van der Waals surface area contributed by atoms with E-state index in [-0.39, 0.29) is 22.3 Å². The van der Waals surface area contributed by atoms with Gasteiger partial charge in [-0.2, -0.15) is 0 Å². The Labute approximate surface area is 158 Å². The van der Waals surface area contributed by atoms with E-state index in [1.54, 1.807) is 18.2 Å². The molecular weight excluding hydrogens is 381 g/mol. The number of nitrogens with one attached hydrogen (secondary N) is 1. The summed E-state index contributed by atoms with van der Waals surface area (Å²) in [5.74, 6) is 1.08. The number of imide groups is 1. The van der Waals surface area contributed by atoms with E-state index >= 15 is 0 Å². The molecule has 2 aromatic rings. The van der Waals surface area contributed by atoms with Crippen molar-refractivity contribution < 1.29 is 14.3 Å². The average Bonchev–Trinajstić information content (AvgIpc) is 3.12. The predicted molar refractivity (Wildman–Crippen MR) is 99.0 cm³/mol. The van der Waals surface area contributed by atoms with E-state index < -0.39 is 0 Å². The van der Waals surface area contributed by atoms with Crippen molar-refractivity contribution in [1.82, 2.24) is 5.32 Å². The topological polar surface area (TPSA) is 55.4 Å². The quantitative estimate of drug-likeness (QED) is 0.781. The molecule has 0 radical (unpaired) electrons. The maximum absolute atomic E-state index is 12.0. The minimum atomic E-state index is -0.341. The molecule has 1 aliphatic heterocycles. The molecule has 2 aliphatic rings. The van der Waals surface area contributed by atoms with Crippen LogP contribution in [-0.2, 0) is 11.2 Å². The van der Waals surface area contributed by atoms with Gasteiger partial charge in [-0.1, -0.05) is 41.0 Å². The van der Waals surface area contributed by atoms with E-state index in [0.717, 1.165) is 35.7 Å². The van der Waals surface area contributed by atoms with Crippen LogP contribution in [0.4, 0.5) is 4.79 Å². The van der Waals surface area contributed by atoms with Crippen molar-refractivity contribution >= 4 is 46.1 Å². The van der Waals surface area contributed by atoms with E-state index in [9.17, 15) is 9.59 Å². The van der Waals surface area contributed by atoms with Crippen molar-refractivity contribution in [3.05, 3.63) is 57.6 Å². The van der Waals surface area contributed by atoms with E-state index in [1.807, 2.05) is 18.2 Å².